The molecule has 1 atom stereocenters. The molecular formula is C16H11N7O4S2. The molecule has 146 valence electrons. The number of piperidine rings is 1. The van der Waals surface area contributed by atoms with E-state index in [1.807, 2.05) is 5.43 Å². The van der Waals surface area contributed by atoms with Crippen molar-refractivity contribution in [1.29, 1.82) is 0 Å². The van der Waals surface area contributed by atoms with Crippen LogP contribution in [0.5, 0.6) is 0 Å². The van der Waals surface area contributed by atoms with Crippen LogP contribution in [0.25, 0.3) is 10.2 Å². The van der Waals surface area contributed by atoms with Crippen LogP contribution in [-0.4, -0.2) is 39.3 Å². The normalized spacial score (nSPS) is 18.5. The molecule has 0 spiro atoms. The van der Waals surface area contributed by atoms with E-state index in [0.29, 0.717) is 10.4 Å². The second-order valence-corrected chi connectivity index (χ2v) is 7.60. The quantitative estimate of drug-likeness (QED) is 0.180. The first kappa shape index (κ1) is 18.8. The summed E-state index contributed by atoms with van der Waals surface area (Å²) in [6.07, 6.45) is 1.39. The topological polar surface area (TPSA) is 160 Å². The number of rotatable bonds is 3. The Bertz CT molecular complexity index is 1140. The minimum Gasteiger partial charge on any atom is -0.287 e. The molecule has 11 nitrogen and oxygen atoms in total. The summed E-state index contributed by atoms with van der Waals surface area (Å²) in [5.41, 5.74) is 4.06. The number of benzene rings is 1. The number of hydrazone groups is 1. The number of thiazole rings is 2. The molecule has 1 aromatic carbocycles. The summed E-state index contributed by atoms with van der Waals surface area (Å²) in [6, 6.07) is 6.21. The molecule has 0 radical (unpaired) electrons. The van der Waals surface area contributed by atoms with Gasteiger partial charge in [0.2, 0.25) is 5.78 Å². The molecule has 1 aliphatic heterocycles. The number of fused-ring (bicyclic) bond motifs is 1. The molecule has 1 aliphatic rings. The number of nitrogens with zero attached hydrogens (tertiary/aromatic N) is 4. The number of ketones is 1. The van der Waals surface area contributed by atoms with E-state index in [2.05, 4.69) is 15.1 Å². The van der Waals surface area contributed by atoms with Crippen molar-refractivity contribution in [2.24, 2.45) is 10.9 Å². The van der Waals surface area contributed by atoms with Crippen molar-refractivity contribution >= 4 is 67.4 Å². The largest absolute Gasteiger partial charge is 0.349 e. The van der Waals surface area contributed by atoms with Crippen molar-refractivity contribution in [3.05, 3.63) is 40.8 Å². The molecular weight excluding hydrogens is 418 g/mol. The molecule has 3 heterocycles. The third-order valence-corrected chi connectivity index (χ3v) is 5.81. The predicted molar refractivity (Wildman–Crippen MR) is 105 cm³/mol. The highest BCUT2D eigenvalue weighted by molar-refractivity contribution is 7.19. The fraction of sp³-hybridized carbons (Fsp3) is 0.0625. The van der Waals surface area contributed by atoms with E-state index in [4.69, 9.17) is 5.84 Å². The van der Waals surface area contributed by atoms with Crippen LogP contribution < -0.4 is 21.6 Å². The van der Waals surface area contributed by atoms with Crippen LogP contribution >= 0.6 is 22.7 Å². The van der Waals surface area contributed by atoms with Gasteiger partial charge in [-0.2, -0.15) is 5.10 Å². The van der Waals surface area contributed by atoms with E-state index in [9.17, 15) is 19.2 Å². The number of para-hydroxylation sites is 1. The van der Waals surface area contributed by atoms with Gasteiger partial charge >= 0.3 is 11.9 Å². The Morgan fingerprint density at radius 3 is 2.69 bits per heavy atom. The molecule has 4 rings (SSSR count). The lowest BCUT2D eigenvalue weighted by atomic mass is 9.92. The first-order valence-corrected chi connectivity index (χ1v) is 9.72. The number of anilines is 1. The van der Waals surface area contributed by atoms with Gasteiger partial charge in [-0.15, -0.1) is 22.7 Å². The van der Waals surface area contributed by atoms with E-state index in [1.54, 1.807) is 35.1 Å². The first-order chi connectivity index (χ1) is 14.0. The van der Waals surface area contributed by atoms with Gasteiger partial charge in [-0.3, -0.25) is 19.8 Å². The molecule has 4 amide bonds. The highest BCUT2D eigenvalue weighted by atomic mass is 32.1. The first-order valence-electron chi connectivity index (χ1n) is 8.03. The minimum absolute atomic E-state index is 0.0204. The van der Waals surface area contributed by atoms with Gasteiger partial charge < -0.3 is 0 Å². The maximum atomic E-state index is 13.0. The van der Waals surface area contributed by atoms with Crippen molar-refractivity contribution in [1.82, 2.24) is 20.8 Å². The number of hydrogen-bond acceptors (Lipinski definition) is 10. The number of hydrogen-bond donors (Lipinski definition) is 3. The second-order valence-electron chi connectivity index (χ2n) is 5.66. The average Bonchev–Trinajstić information content (AvgIpc) is 3.39. The molecule has 0 bridgehead atoms. The number of Topliss-reactive ketones (excluding diaryl/α,β-unsaturated/α-hetero) is 1. The Morgan fingerprint density at radius 2 is 2.00 bits per heavy atom. The van der Waals surface area contributed by atoms with Crippen LogP contribution in [0.3, 0.4) is 0 Å². The Labute approximate surface area is 170 Å². The molecule has 4 N–H and O–H groups in total. The number of imide groups is 1. The molecule has 1 fully saturated rings. The fourth-order valence-corrected chi connectivity index (χ4v) is 4.39. The van der Waals surface area contributed by atoms with Gasteiger partial charge in [0, 0.05) is 11.6 Å². The highest BCUT2D eigenvalue weighted by Gasteiger charge is 2.49. The van der Waals surface area contributed by atoms with Crippen molar-refractivity contribution in [3.63, 3.8) is 0 Å². The van der Waals surface area contributed by atoms with Crippen molar-refractivity contribution in [2.45, 2.75) is 5.92 Å². The summed E-state index contributed by atoms with van der Waals surface area (Å²) in [4.78, 5) is 59.1. The molecule has 0 saturated carbocycles. The lowest BCUT2D eigenvalue weighted by molar-refractivity contribution is -0.139. The van der Waals surface area contributed by atoms with Gasteiger partial charge in [-0.1, -0.05) is 12.1 Å². The van der Waals surface area contributed by atoms with E-state index < -0.39 is 29.5 Å². The highest BCUT2D eigenvalue weighted by Crippen LogP contribution is 2.33. The fourth-order valence-electron chi connectivity index (χ4n) is 2.69. The Hall–Kier alpha value is -3.55. The van der Waals surface area contributed by atoms with Gasteiger partial charge in [-0.25, -0.2) is 30.9 Å². The maximum absolute atomic E-state index is 13.0. The van der Waals surface area contributed by atoms with Crippen LogP contribution in [0.4, 0.5) is 9.93 Å². The SMILES string of the molecule is NNC(=O)N/N=C1/C(=O)N(c2nccs2)C(=O)C(=O)[C@H]1c1nc2ccccc2s1. The summed E-state index contributed by atoms with van der Waals surface area (Å²) < 4.78 is 0.768. The number of urea groups is 1. The van der Waals surface area contributed by atoms with E-state index in [1.165, 1.54) is 6.20 Å². The lowest BCUT2D eigenvalue weighted by Crippen LogP contribution is -2.55. The van der Waals surface area contributed by atoms with E-state index in [-0.39, 0.29) is 15.9 Å². The van der Waals surface area contributed by atoms with Gasteiger partial charge in [0.15, 0.2) is 5.13 Å². The van der Waals surface area contributed by atoms with Crippen molar-refractivity contribution < 1.29 is 19.2 Å². The van der Waals surface area contributed by atoms with Crippen LogP contribution in [0.1, 0.15) is 10.9 Å². The molecule has 0 aliphatic carbocycles. The summed E-state index contributed by atoms with van der Waals surface area (Å²) in [5.74, 6) is 0.809. The minimum atomic E-state index is -1.36. The van der Waals surface area contributed by atoms with Gasteiger partial charge in [0.25, 0.3) is 5.91 Å². The number of hydrazine groups is 1. The molecule has 13 heteroatoms. The van der Waals surface area contributed by atoms with Gasteiger partial charge in [0.05, 0.1) is 10.2 Å². The average molecular weight is 429 g/mol. The second kappa shape index (κ2) is 7.46. The monoisotopic (exact) mass is 429 g/mol. The number of nitrogens with two attached hydrogens (primary N) is 1. The molecule has 29 heavy (non-hydrogen) atoms. The number of nitrogens with one attached hydrogen (secondary N) is 2. The van der Waals surface area contributed by atoms with Crippen LogP contribution in [0.15, 0.2) is 40.9 Å². The summed E-state index contributed by atoms with van der Waals surface area (Å²) in [5, 5.41) is 5.55. The predicted octanol–water partition coefficient (Wildman–Crippen LogP) is 0.508. The Kier molecular flexibility index (Phi) is 4.84. The molecule has 1 saturated heterocycles. The summed E-state index contributed by atoms with van der Waals surface area (Å²) >= 11 is 2.16. The Balaban J connectivity index is 1.83. The van der Waals surface area contributed by atoms with E-state index >= 15 is 0 Å². The molecule has 3 aromatic rings. The third-order valence-electron chi connectivity index (χ3n) is 3.95. The zero-order valence-electron chi connectivity index (χ0n) is 14.4. The standard InChI is InChI=1S/C16H11N7O4S2/c17-20-15(27)22-21-10-9(12-19-7-3-1-2-4-8(7)29-12)11(24)14(26)23(13(10)25)16-18-5-6-28-16/h1-6,9H,17H2,(H2,20,22,27)/b21-10+/t9-/m0/s1. The van der Waals surface area contributed by atoms with Crippen molar-refractivity contribution in [3.8, 4) is 0 Å². The van der Waals surface area contributed by atoms with Crippen LogP contribution in [-0.2, 0) is 14.4 Å². The van der Waals surface area contributed by atoms with Gasteiger partial charge in [0.1, 0.15) is 16.6 Å². The number of amides is 4. The smallest absolute Gasteiger partial charge is 0.287 e. The molecule has 0 unspecified atom stereocenters. The zero-order chi connectivity index (χ0) is 20.5. The Morgan fingerprint density at radius 1 is 1.21 bits per heavy atom. The zero-order valence-corrected chi connectivity index (χ0v) is 16.0. The summed E-state index contributed by atoms with van der Waals surface area (Å²) in [6.45, 7) is 0. The summed E-state index contributed by atoms with van der Waals surface area (Å²) in [7, 11) is 0. The van der Waals surface area contributed by atoms with Crippen molar-refractivity contribution in [2.75, 3.05) is 4.90 Å². The van der Waals surface area contributed by atoms with Crippen LogP contribution in [0.2, 0.25) is 0 Å². The molecule has 2 aromatic heterocycles. The van der Waals surface area contributed by atoms with Gasteiger partial charge in [-0.05, 0) is 12.1 Å². The number of aromatic nitrogens is 2. The maximum Gasteiger partial charge on any atom is 0.349 e. The van der Waals surface area contributed by atoms with E-state index in [0.717, 1.165) is 27.4 Å². The third kappa shape index (κ3) is 3.26. The number of carbonyl (C=O) groups excluding carboxylic acids is 4. The number of carbonyl (C=O) groups is 4. The lowest BCUT2D eigenvalue weighted by Gasteiger charge is -2.27. The van der Waals surface area contributed by atoms with Crippen LogP contribution in [0, 0.1) is 0 Å².